The Hall–Kier alpha value is -1.20. The van der Waals surface area contributed by atoms with Gasteiger partial charge in [0, 0.05) is 6.20 Å². The predicted octanol–water partition coefficient (Wildman–Crippen LogP) is 3.43. The summed E-state index contributed by atoms with van der Waals surface area (Å²) in [7, 11) is 0. The van der Waals surface area contributed by atoms with Crippen molar-refractivity contribution < 1.29 is 4.39 Å². The minimum absolute atomic E-state index is 0.325. The number of aryl methyl sites for hydroxylation is 2. The standard InChI is InChI=1S/C11H9ClFN3S/c1-6-10(13)8(3-4-14-6)17-11-7(2)16-9(12)5-15-11/h3-5H,1-2H3. The molecule has 0 unspecified atom stereocenters. The van der Waals surface area contributed by atoms with E-state index in [1.165, 1.54) is 18.0 Å². The second kappa shape index (κ2) is 4.98. The molecule has 0 atom stereocenters. The van der Waals surface area contributed by atoms with Crippen LogP contribution in [0.5, 0.6) is 0 Å². The smallest absolute Gasteiger partial charge is 0.158 e. The highest BCUT2D eigenvalue weighted by Gasteiger charge is 2.10. The minimum atomic E-state index is -0.325. The SMILES string of the molecule is Cc1nc(Cl)cnc1Sc1ccnc(C)c1F. The monoisotopic (exact) mass is 269 g/mol. The molecule has 3 nitrogen and oxygen atoms in total. The number of rotatable bonds is 2. The average molecular weight is 270 g/mol. The summed E-state index contributed by atoms with van der Waals surface area (Å²) < 4.78 is 13.7. The Morgan fingerprint density at radius 1 is 1.24 bits per heavy atom. The maximum Gasteiger partial charge on any atom is 0.158 e. The molecule has 0 N–H and O–H groups in total. The van der Waals surface area contributed by atoms with Crippen molar-refractivity contribution in [2.24, 2.45) is 0 Å². The number of nitrogens with zero attached hydrogens (tertiary/aromatic N) is 3. The van der Waals surface area contributed by atoms with Gasteiger partial charge in [-0.15, -0.1) is 0 Å². The second-order valence-electron chi connectivity index (χ2n) is 3.39. The van der Waals surface area contributed by atoms with E-state index >= 15 is 0 Å². The summed E-state index contributed by atoms with van der Waals surface area (Å²) in [4.78, 5) is 12.5. The Bertz CT molecular complexity index is 562. The predicted molar refractivity (Wildman–Crippen MR) is 64.8 cm³/mol. The van der Waals surface area contributed by atoms with Crippen molar-refractivity contribution in [2.45, 2.75) is 23.8 Å². The fourth-order valence-electron chi connectivity index (χ4n) is 1.25. The lowest BCUT2D eigenvalue weighted by atomic mass is 10.4. The highest BCUT2D eigenvalue weighted by molar-refractivity contribution is 7.99. The maximum atomic E-state index is 13.7. The number of hydrogen-bond acceptors (Lipinski definition) is 4. The van der Waals surface area contributed by atoms with E-state index in [1.54, 1.807) is 26.1 Å². The molecule has 0 spiro atoms. The maximum absolute atomic E-state index is 13.7. The van der Waals surface area contributed by atoms with Gasteiger partial charge in [-0.1, -0.05) is 23.4 Å². The molecule has 0 aromatic carbocycles. The van der Waals surface area contributed by atoms with Crippen LogP contribution in [0.2, 0.25) is 5.15 Å². The molecule has 0 aliphatic heterocycles. The van der Waals surface area contributed by atoms with Crippen LogP contribution < -0.4 is 0 Å². The molecule has 2 aromatic heterocycles. The van der Waals surface area contributed by atoms with Gasteiger partial charge in [-0.3, -0.25) is 4.98 Å². The Labute approximate surface area is 107 Å². The summed E-state index contributed by atoms with van der Waals surface area (Å²) in [6, 6.07) is 1.61. The summed E-state index contributed by atoms with van der Waals surface area (Å²) in [5.41, 5.74) is 1.05. The molecule has 17 heavy (non-hydrogen) atoms. The summed E-state index contributed by atoms with van der Waals surface area (Å²) in [5.74, 6) is -0.325. The molecule has 2 heterocycles. The zero-order chi connectivity index (χ0) is 12.4. The van der Waals surface area contributed by atoms with E-state index in [9.17, 15) is 4.39 Å². The number of pyridine rings is 1. The Kier molecular flexibility index (Phi) is 3.59. The summed E-state index contributed by atoms with van der Waals surface area (Å²) in [6.07, 6.45) is 3.02. The van der Waals surface area contributed by atoms with Gasteiger partial charge in [0.05, 0.1) is 22.5 Å². The van der Waals surface area contributed by atoms with Gasteiger partial charge in [-0.05, 0) is 19.9 Å². The van der Waals surface area contributed by atoms with Crippen LogP contribution in [-0.2, 0) is 0 Å². The molecule has 0 saturated carbocycles. The molecule has 0 fully saturated rings. The van der Waals surface area contributed by atoms with Gasteiger partial charge in [0.25, 0.3) is 0 Å². The zero-order valence-electron chi connectivity index (χ0n) is 9.24. The number of halogens is 2. The second-order valence-corrected chi connectivity index (χ2v) is 4.81. The largest absolute Gasteiger partial charge is 0.258 e. The molecular weight excluding hydrogens is 261 g/mol. The molecule has 0 bridgehead atoms. The fourth-order valence-corrected chi connectivity index (χ4v) is 2.30. The highest BCUT2D eigenvalue weighted by Crippen LogP contribution is 2.30. The summed E-state index contributed by atoms with van der Waals surface area (Å²) in [6.45, 7) is 3.41. The first-order valence-electron chi connectivity index (χ1n) is 4.86. The van der Waals surface area contributed by atoms with Crippen molar-refractivity contribution in [1.29, 1.82) is 0 Å². The van der Waals surface area contributed by atoms with Crippen LogP contribution in [0.15, 0.2) is 28.4 Å². The van der Waals surface area contributed by atoms with E-state index in [-0.39, 0.29) is 5.82 Å². The summed E-state index contributed by atoms with van der Waals surface area (Å²) in [5, 5.41) is 0.970. The molecule has 2 rings (SSSR count). The van der Waals surface area contributed by atoms with E-state index in [4.69, 9.17) is 11.6 Å². The lowest BCUT2D eigenvalue weighted by Gasteiger charge is -2.05. The molecular formula is C11H9ClFN3S. The Morgan fingerprint density at radius 3 is 2.71 bits per heavy atom. The van der Waals surface area contributed by atoms with Crippen molar-refractivity contribution in [2.75, 3.05) is 0 Å². The van der Waals surface area contributed by atoms with Gasteiger partial charge < -0.3 is 0 Å². The molecule has 0 amide bonds. The normalized spacial score (nSPS) is 10.6. The van der Waals surface area contributed by atoms with E-state index in [1.807, 2.05) is 0 Å². The number of aromatic nitrogens is 3. The average Bonchev–Trinajstić information content (AvgIpc) is 2.28. The van der Waals surface area contributed by atoms with Crippen LogP contribution >= 0.6 is 23.4 Å². The van der Waals surface area contributed by atoms with Crippen LogP contribution in [0.1, 0.15) is 11.4 Å². The van der Waals surface area contributed by atoms with Crippen molar-refractivity contribution in [3.05, 3.63) is 40.8 Å². The molecule has 88 valence electrons. The number of hydrogen-bond donors (Lipinski definition) is 0. The third kappa shape index (κ3) is 2.73. The van der Waals surface area contributed by atoms with E-state index in [0.717, 1.165) is 0 Å². The van der Waals surface area contributed by atoms with E-state index < -0.39 is 0 Å². The van der Waals surface area contributed by atoms with Gasteiger partial charge in [0.1, 0.15) is 10.2 Å². The van der Waals surface area contributed by atoms with Crippen molar-refractivity contribution in [3.63, 3.8) is 0 Å². The van der Waals surface area contributed by atoms with E-state index in [2.05, 4.69) is 15.0 Å². The van der Waals surface area contributed by atoms with Crippen LogP contribution in [0.3, 0.4) is 0 Å². The van der Waals surface area contributed by atoms with Gasteiger partial charge in [0.2, 0.25) is 0 Å². The quantitative estimate of drug-likeness (QED) is 0.837. The molecule has 0 aliphatic rings. The Balaban J connectivity index is 2.35. The lowest BCUT2D eigenvalue weighted by Crippen LogP contribution is -1.93. The lowest BCUT2D eigenvalue weighted by molar-refractivity contribution is 0.583. The van der Waals surface area contributed by atoms with Crippen LogP contribution in [-0.4, -0.2) is 15.0 Å². The van der Waals surface area contributed by atoms with Crippen LogP contribution in [0.4, 0.5) is 4.39 Å². The van der Waals surface area contributed by atoms with Crippen molar-refractivity contribution >= 4 is 23.4 Å². The highest BCUT2D eigenvalue weighted by atomic mass is 35.5. The first kappa shape index (κ1) is 12.3. The fraction of sp³-hybridized carbons (Fsp3) is 0.182. The van der Waals surface area contributed by atoms with Crippen molar-refractivity contribution in [3.8, 4) is 0 Å². The van der Waals surface area contributed by atoms with Gasteiger partial charge in [-0.25, -0.2) is 14.4 Å². The summed E-state index contributed by atoms with van der Waals surface area (Å²) >= 11 is 6.93. The molecule has 0 radical (unpaired) electrons. The molecule has 6 heteroatoms. The third-order valence-electron chi connectivity index (χ3n) is 2.11. The zero-order valence-corrected chi connectivity index (χ0v) is 10.8. The van der Waals surface area contributed by atoms with Gasteiger partial charge in [0.15, 0.2) is 5.82 Å². The topological polar surface area (TPSA) is 38.7 Å². The molecule has 0 saturated heterocycles. The van der Waals surface area contributed by atoms with Gasteiger partial charge in [-0.2, -0.15) is 0 Å². The minimum Gasteiger partial charge on any atom is -0.258 e. The van der Waals surface area contributed by atoms with Crippen molar-refractivity contribution in [1.82, 2.24) is 15.0 Å². The third-order valence-corrected chi connectivity index (χ3v) is 3.42. The Morgan fingerprint density at radius 2 is 2.00 bits per heavy atom. The van der Waals surface area contributed by atoms with Crippen LogP contribution in [0, 0.1) is 19.7 Å². The van der Waals surface area contributed by atoms with E-state index in [0.29, 0.717) is 26.5 Å². The van der Waals surface area contributed by atoms with Crippen LogP contribution in [0.25, 0.3) is 0 Å². The molecule has 2 aromatic rings. The first-order valence-corrected chi connectivity index (χ1v) is 6.05. The molecule has 0 aliphatic carbocycles. The van der Waals surface area contributed by atoms with Gasteiger partial charge >= 0.3 is 0 Å². The first-order chi connectivity index (χ1) is 8.08.